The van der Waals surface area contributed by atoms with Crippen molar-refractivity contribution in [2.24, 2.45) is 5.73 Å². The maximum absolute atomic E-state index is 12.4. The van der Waals surface area contributed by atoms with Gasteiger partial charge in [0.25, 0.3) is 11.6 Å². The lowest BCUT2D eigenvalue weighted by Gasteiger charge is -2.22. The maximum Gasteiger partial charge on any atom is 0.269 e. The van der Waals surface area contributed by atoms with Crippen LogP contribution in [-0.2, 0) is 24.2 Å². The van der Waals surface area contributed by atoms with Gasteiger partial charge in [-0.15, -0.1) is 11.3 Å². The van der Waals surface area contributed by atoms with Gasteiger partial charge in [-0.2, -0.15) is 0 Å². The zero-order valence-corrected chi connectivity index (χ0v) is 15.0. The number of rotatable bonds is 5. The summed E-state index contributed by atoms with van der Waals surface area (Å²) >= 11 is 1.38. The molecule has 0 atom stereocenters. The van der Waals surface area contributed by atoms with Crippen LogP contribution in [0.15, 0.2) is 24.3 Å². The van der Waals surface area contributed by atoms with Crippen LogP contribution < -0.4 is 11.1 Å². The largest absolute Gasteiger partial charge is 0.365 e. The van der Waals surface area contributed by atoms with Crippen molar-refractivity contribution in [1.29, 1.82) is 0 Å². The first-order valence-corrected chi connectivity index (χ1v) is 8.83. The Balaban J connectivity index is 1.77. The average Bonchev–Trinajstić information content (AvgIpc) is 2.91. The number of carbonyl (C=O) groups is 2. The van der Waals surface area contributed by atoms with Gasteiger partial charge in [0.2, 0.25) is 5.91 Å². The molecule has 0 saturated carbocycles. The van der Waals surface area contributed by atoms with Crippen LogP contribution in [0.1, 0.15) is 26.4 Å². The van der Waals surface area contributed by atoms with Crippen molar-refractivity contribution in [2.75, 3.05) is 18.9 Å². The molecule has 9 heteroatoms. The Morgan fingerprint density at radius 3 is 2.65 bits per heavy atom. The van der Waals surface area contributed by atoms with Gasteiger partial charge in [-0.25, -0.2) is 0 Å². The van der Waals surface area contributed by atoms with Crippen LogP contribution in [0.3, 0.4) is 0 Å². The Morgan fingerprint density at radius 2 is 2.04 bits per heavy atom. The molecule has 0 bridgehead atoms. The van der Waals surface area contributed by atoms with Crippen molar-refractivity contribution >= 4 is 33.8 Å². The van der Waals surface area contributed by atoms with E-state index in [1.165, 1.54) is 23.5 Å². The van der Waals surface area contributed by atoms with Crippen molar-refractivity contribution in [1.82, 2.24) is 4.90 Å². The van der Waals surface area contributed by atoms with E-state index in [4.69, 9.17) is 5.73 Å². The molecule has 0 saturated heterocycles. The highest BCUT2D eigenvalue weighted by Gasteiger charge is 2.26. The highest BCUT2D eigenvalue weighted by molar-refractivity contribution is 7.17. The van der Waals surface area contributed by atoms with Crippen molar-refractivity contribution in [3.8, 4) is 0 Å². The van der Waals surface area contributed by atoms with E-state index in [1.54, 1.807) is 12.1 Å². The molecular formula is C17H18N4O4S. The van der Waals surface area contributed by atoms with Crippen LogP contribution >= 0.6 is 11.3 Å². The molecule has 0 unspecified atom stereocenters. The molecule has 3 rings (SSSR count). The van der Waals surface area contributed by atoms with E-state index in [-0.39, 0.29) is 18.0 Å². The topological polar surface area (TPSA) is 119 Å². The van der Waals surface area contributed by atoms with E-state index in [2.05, 4.69) is 10.2 Å². The van der Waals surface area contributed by atoms with Gasteiger partial charge in [0.15, 0.2) is 0 Å². The Hall–Kier alpha value is -2.78. The number of benzene rings is 1. The van der Waals surface area contributed by atoms with Crippen LogP contribution in [0.25, 0.3) is 0 Å². The standard InChI is InChI=1S/C17H18N4O4S/c1-20-7-6-12-13(9-20)26-17(15(12)16(18)23)19-14(22)8-10-2-4-11(5-3-10)21(24)25/h2-5H,6-9H2,1H3,(H2,18,23)(H,19,22). The van der Waals surface area contributed by atoms with E-state index in [9.17, 15) is 19.7 Å². The van der Waals surface area contributed by atoms with Gasteiger partial charge in [0.1, 0.15) is 5.00 Å². The lowest BCUT2D eigenvalue weighted by molar-refractivity contribution is -0.384. The molecule has 136 valence electrons. The number of anilines is 1. The molecule has 0 spiro atoms. The fourth-order valence-electron chi connectivity index (χ4n) is 2.97. The zero-order valence-electron chi connectivity index (χ0n) is 14.2. The van der Waals surface area contributed by atoms with Crippen LogP contribution in [0.4, 0.5) is 10.7 Å². The van der Waals surface area contributed by atoms with Crippen LogP contribution in [0.5, 0.6) is 0 Å². The second-order valence-electron chi connectivity index (χ2n) is 6.21. The second kappa shape index (κ2) is 7.22. The fourth-order valence-corrected chi connectivity index (χ4v) is 4.32. The molecule has 0 fully saturated rings. The molecule has 1 aliphatic rings. The number of nitro benzene ring substituents is 1. The predicted molar refractivity (Wildman–Crippen MR) is 98.3 cm³/mol. The minimum absolute atomic E-state index is 0.0276. The Kier molecular flexibility index (Phi) is 5.01. The zero-order chi connectivity index (χ0) is 18.8. The molecule has 1 aliphatic heterocycles. The quantitative estimate of drug-likeness (QED) is 0.612. The first-order chi connectivity index (χ1) is 12.3. The number of nitrogens with two attached hydrogens (primary N) is 1. The molecule has 1 aromatic heterocycles. The summed E-state index contributed by atoms with van der Waals surface area (Å²) in [6, 6.07) is 5.80. The third kappa shape index (κ3) is 3.73. The Bertz CT molecular complexity index is 876. The van der Waals surface area contributed by atoms with Gasteiger partial charge in [-0.1, -0.05) is 12.1 Å². The number of likely N-dealkylation sites (N-methyl/N-ethyl adjacent to an activating group) is 1. The number of thiophene rings is 1. The van der Waals surface area contributed by atoms with E-state index < -0.39 is 10.8 Å². The molecular weight excluding hydrogens is 356 g/mol. The second-order valence-corrected chi connectivity index (χ2v) is 7.31. The summed E-state index contributed by atoms with van der Waals surface area (Å²) in [5.41, 5.74) is 7.47. The van der Waals surface area contributed by atoms with Crippen molar-refractivity contribution < 1.29 is 14.5 Å². The lowest BCUT2D eigenvalue weighted by Crippen LogP contribution is -2.27. The Morgan fingerprint density at radius 1 is 1.35 bits per heavy atom. The number of hydrogen-bond donors (Lipinski definition) is 2. The normalized spacial score (nSPS) is 13.9. The SMILES string of the molecule is CN1CCc2c(sc(NC(=O)Cc3ccc([N+](=O)[O-])cc3)c2C(N)=O)C1. The molecule has 26 heavy (non-hydrogen) atoms. The molecule has 2 aromatic rings. The highest BCUT2D eigenvalue weighted by atomic mass is 32.1. The maximum atomic E-state index is 12.4. The van der Waals surface area contributed by atoms with Gasteiger partial charge < -0.3 is 16.0 Å². The van der Waals surface area contributed by atoms with Gasteiger partial charge >= 0.3 is 0 Å². The van der Waals surface area contributed by atoms with Crippen LogP contribution in [0.2, 0.25) is 0 Å². The molecule has 3 N–H and O–H groups in total. The summed E-state index contributed by atoms with van der Waals surface area (Å²) in [5, 5.41) is 13.9. The average molecular weight is 374 g/mol. The molecule has 2 amide bonds. The van der Waals surface area contributed by atoms with Crippen molar-refractivity contribution in [2.45, 2.75) is 19.4 Å². The van der Waals surface area contributed by atoms with Crippen molar-refractivity contribution in [3.05, 3.63) is 55.9 Å². The number of nitrogens with one attached hydrogen (secondary N) is 1. The first-order valence-electron chi connectivity index (χ1n) is 8.01. The number of nitrogens with zero attached hydrogens (tertiary/aromatic N) is 2. The molecule has 1 aromatic carbocycles. The highest BCUT2D eigenvalue weighted by Crippen LogP contribution is 2.36. The monoisotopic (exact) mass is 374 g/mol. The van der Waals surface area contributed by atoms with Gasteiger partial charge in [0, 0.05) is 30.1 Å². The van der Waals surface area contributed by atoms with Crippen LogP contribution in [-0.4, -0.2) is 35.2 Å². The number of primary amides is 1. The first kappa shape index (κ1) is 18.0. The van der Waals surface area contributed by atoms with Crippen LogP contribution in [0, 0.1) is 10.1 Å². The predicted octanol–water partition coefficient (Wildman–Crippen LogP) is 1.92. The van der Waals surface area contributed by atoms with E-state index in [0.29, 0.717) is 16.1 Å². The fraction of sp³-hybridized carbons (Fsp3) is 0.294. The van der Waals surface area contributed by atoms with Crippen molar-refractivity contribution in [3.63, 3.8) is 0 Å². The summed E-state index contributed by atoms with van der Waals surface area (Å²) in [7, 11) is 2.00. The number of nitro groups is 1. The van der Waals surface area contributed by atoms with E-state index >= 15 is 0 Å². The smallest absolute Gasteiger partial charge is 0.269 e. The molecule has 0 aliphatic carbocycles. The van der Waals surface area contributed by atoms with E-state index in [1.807, 2.05) is 7.05 Å². The number of carbonyl (C=O) groups excluding carboxylic acids is 2. The third-order valence-electron chi connectivity index (χ3n) is 4.26. The molecule has 2 heterocycles. The van der Waals surface area contributed by atoms with E-state index in [0.717, 1.165) is 30.0 Å². The number of amides is 2. The minimum atomic E-state index is -0.544. The summed E-state index contributed by atoms with van der Waals surface area (Å²) in [6.45, 7) is 1.55. The number of non-ortho nitro benzene ring substituents is 1. The molecule has 0 radical (unpaired) electrons. The summed E-state index contributed by atoms with van der Waals surface area (Å²) in [5.74, 6) is -0.842. The Labute approximate surface area is 153 Å². The van der Waals surface area contributed by atoms with Gasteiger partial charge in [-0.3, -0.25) is 19.7 Å². The number of hydrogen-bond acceptors (Lipinski definition) is 6. The summed E-state index contributed by atoms with van der Waals surface area (Å²) in [6.07, 6.45) is 0.775. The third-order valence-corrected chi connectivity index (χ3v) is 5.39. The minimum Gasteiger partial charge on any atom is -0.365 e. The van der Waals surface area contributed by atoms with Gasteiger partial charge in [0.05, 0.1) is 16.9 Å². The van der Waals surface area contributed by atoms with Gasteiger partial charge in [-0.05, 0) is 24.6 Å². The molecule has 8 nitrogen and oxygen atoms in total. The lowest BCUT2D eigenvalue weighted by atomic mass is 10.0. The number of fused-ring (bicyclic) bond motifs is 1. The summed E-state index contributed by atoms with van der Waals surface area (Å²) in [4.78, 5) is 37.6. The summed E-state index contributed by atoms with van der Waals surface area (Å²) < 4.78 is 0.